The summed E-state index contributed by atoms with van der Waals surface area (Å²) in [5, 5.41) is 13.8. The monoisotopic (exact) mass is 339 g/mol. The SMILES string of the molecule is CC(C)C[C@H](NC(=O)c1ccc(-n2ccnc2)cc1)C(=O)NCC#N. The molecule has 25 heavy (non-hydrogen) atoms. The first-order valence-electron chi connectivity index (χ1n) is 8.05. The van der Waals surface area contributed by atoms with Crippen molar-refractivity contribution >= 4 is 11.8 Å². The van der Waals surface area contributed by atoms with Gasteiger partial charge in [-0.15, -0.1) is 0 Å². The number of carbonyl (C=O) groups is 2. The first-order chi connectivity index (χ1) is 12.0. The van der Waals surface area contributed by atoms with Crippen molar-refractivity contribution in [3.8, 4) is 11.8 Å². The van der Waals surface area contributed by atoms with E-state index in [-0.39, 0.29) is 24.3 Å². The second kappa shape index (κ2) is 8.64. The molecule has 2 aromatic rings. The highest BCUT2D eigenvalue weighted by molar-refractivity contribution is 5.97. The Bertz CT molecular complexity index is 745. The van der Waals surface area contributed by atoms with Gasteiger partial charge in [-0.1, -0.05) is 13.8 Å². The second-order valence-corrected chi connectivity index (χ2v) is 6.05. The second-order valence-electron chi connectivity index (χ2n) is 6.05. The quantitative estimate of drug-likeness (QED) is 0.749. The molecule has 2 rings (SSSR count). The Labute approximate surface area is 146 Å². The van der Waals surface area contributed by atoms with Gasteiger partial charge in [0.2, 0.25) is 5.91 Å². The molecule has 1 heterocycles. The third-order valence-electron chi connectivity index (χ3n) is 3.60. The molecule has 0 fully saturated rings. The van der Waals surface area contributed by atoms with Gasteiger partial charge in [-0.2, -0.15) is 5.26 Å². The summed E-state index contributed by atoms with van der Waals surface area (Å²) in [6.45, 7) is 3.86. The molecule has 2 amide bonds. The summed E-state index contributed by atoms with van der Waals surface area (Å²) < 4.78 is 1.83. The summed E-state index contributed by atoms with van der Waals surface area (Å²) in [4.78, 5) is 28.5. The fourth-order valence-corrected chi connectivity index (χ4v) is 2.39. The van der Waals surface area contributed by atoms with Gasteiger partial charge >= 0.3 is 0 Å². The van der Waals surface area contributed by atoms with Gasteiger partial charge in [0.15, 0.2) is 0 Å². The predicted octanol–water partition coefficient (Wildman–Crippen LogP) is 1.66. The van der Waals surface area contributed by atoms with Crippen LogP contribution in [0.2, 0.25) is 0 Å². The lowest BCUT2D eigenvalue weighted by molar-refractivity contribution is -0.123. The molecule has 0 aliphatic carbocycles. The van der Waals surface area contributed by atoms with Crippen LogP contribution in [0.3, 0.4) is 0 Å². The summed E-state index contributed by atoms with van der Waals surface area (Å²) in [6, 6.07) is 8.20. The zero-order chi connectivity index (χ0) is 18.2. The number of amides is 2. The molecular weight excluding hydrogens is 318 g/mol. The van der Waals surface area contributed by atoms with Crippen LogP contribution in [0, 0.1) is 17.2 Å². The van der Waals surface area contributed by atoms with Gasteiger partial charge in [0, 0.05) is 23.6 Å². The van der Waals surface area contributed by atoms with Crippen LogP contribution in [0.5, 0.6) is 0 Å². The van der Waals surface area contributed by atoms with Crippen molar-refractivity contribution < 1.29 is 9.59 Å². The van der Waals surface area contributed by atoms with Crippen molar-refractivity contribution in [2.75, 3.05) is 6.54 Å². The van der Waals surface area contributed by atoms with Gasteiger partial charge in [-0.05, 0) is 36.6 Å². The first-order valence-corrected chi connectivity index (χ1v) is 8.05. The maximum Gasteiger partial charge on any atom is 0.251 e. The van der Waals surface area contributed by atoms with Gasteiger partial charge in [0.1, 0.15) is 12.6 Å². The van der Waals surface area contributed by atoms with E-state index in [0.29, 0.717) is 12.0 Å². The summed E-state index contributed by atoms with van der Waals surface area (Å²) in [6.07, 6.45) is 5.66. The lowest BCUT2D eigenvalue weighted by Crippen LogP contribution is -2.47. The van der Waals surface area contributed by atoms with Crippen LogP contribution in [-0.4, -0.2) is 34.0 Å². The van der Waals surface area contributed by atoms with E-state index in [4.69, 9.17) is 5.26 Å². The topological polar surface area (TPSA) is 99.8 Å². The van der Waals surface area contributed by atoms with E-state index < -0.39 is 6.04 Å². The Balaban J connectivity index is 2.06. The Hall–Kier alpha value is -3.14. The third kappa shape index (κ3) is 5.18. The Morgan fingerprint density at radius 3 is 2.56 bits per heavy atom. The minimum Gasteiger partial charge on any atom is -0.341 e. The largest absolute Gasteiger partial charge is 0.341 e. The predicted molar refractivity (Wildman–Crippen MR) is 92.9 cm³/mol. The minimum absolute atomic E-state index is 0.0805. The fraction of sp³-hybridized carbons (Fsp3) is 0.333. The highest BCUT2D eigenvalue weighted by Gasteiger charge is 2.22. The minimum atomic E-state index is -0.672. The van der Waals surface area contributed by atoms with E-state index >= 15 is 0 Å². The summed E-state index contributed by atoms with van der Waals surface area (Å²) in [7, 11) is 0. The molecule has 0 unspecified atom stereocenters. The maximum absolute atomic E-state index is 12.4. The maximum atomic E-state index is 12.4. The van der Waals surface area contributed by atoms with Crippen LogP contribution >= 0.6 is 0 Å². The van der Waals surface area contributed by atoms with Crippen LogP contribution in [0.1, 0.15) is 30.6 Å². The molecule has 0 radical (unpaired) electrons. The molecular formula is C18H21N5O2. The van der Waals surface area contributed by atoms with E-state index in [1.54, 1.807) is 24.7 Å². The van der Waals surface area contributed by atoms with Crippen molar-refractivity contribution in [1.82, 2.24) is 20.2 Å². The van der Waals surface area contributed by atoms with Gasteiger partial charge in [-0.25, -0.2) is 4.98 Å². The number of nitrogens with one attached hydrogen (secondary N) is 2. The van der Waals surface area contributed by atoms with Crippen LogP contribution in [0.15, 0.2) is 43.0 Å². The van der Waals surface area contributed by atoms with Crippen molar-refractivity contribution in [1.29, 1.82) is 5.26 Å². The molecule has 0 aliphatic rings. The molecule has 7 heteroatoms. The van der Waals surface area contributed by atoms with Crippen molar-refractivity contribution in [2.24, 2.45) is 5.92 Å². The van der Waals surface area contributed by atoms with Gasteiger partial charge in [0.05, 0.1) is 12.4 Å². The molecule has 0 saturated carbocycles. The van der Waals surface area contributed by atoms with Crippen molar-refractivity contribution in [3.63, 3.8) is 0 Å². The van der Waals surface area contributed by atoms with E-state index in [1.165, 1.54) is 0 Å². The number of hydrogen-bond acceptors (Lipinski definition) is 4. The summed E-state index contributed by atoms with van der Waals surface area (Å²) >= 11 is 0. The highest BCUT2D eigenvalue weighted by atomic mass is 16.2. The number of nitriles is 1. The molecule has 1 aromatic carbocycles. The number of aromatic nitrogens is 2. The Morgan fingerprint density at radius 2 is 2.00 bits per heavy atom. The molecule has 1 aromatic heterocycles. The molecule has 0 aliphatic heterocycles. The number of imidazole rings is 1. The van der Waals surface area contributed by atoms with Gasteiger partial charge in [0.25, 0.3) is 5.91 Å². The van der Waals surface area contributed by atoms with Crippen molar-refractivity contribution in [2.45, 2.75) is 26.3 Å². The fourth-order valence-electron chi connectivity index (χ4n) is 2.39. The zero-order valence-electron chi connectivity index (χ0n) is 14.3. The zero-order valence-corrected chi connectivity index (χ0v) is 14.3. The molecule has 2 N–H and O–H groups in total. The van der Waals surface area contributed by atoms with Crippen LogP contribution in [0.4, 0.5) is 0 Å². The van der Waals surface area contributed by atoms with Gasteiger partial charge in [-0.3, -0.25) is 9.59 Å². The molecule has 0 spiro atoms. The number of nitrogens with zero attached hydrogens (tertiary/aromatic N) is 3. The Kier molecular flexibility index (Phi) is 6.29. The lowest BCUT2D eigenvalue weighted by atomic mass is 10.0. The number of hydrogen-bond donors (Lipinski definition) is 2. The van der Waals surface area contributed by atoms with Crippen LogP contribution < -0.4 is 10.6 Å². The van der Waals surface area contributed by atoms with E-state index in [1.807, 2.05) is 42.8 Å². The molecule has 0 bridgehead atoms. The van der Waals surface area contributed by atoms with Gasteiger partial charge < -0.3 is 15.2 Å². The third-order valence-corrected chi connectivity index (χ3v) is 3.60. The van der Waals surface area contributed by atoms with Crippen molar-refractivity contribution in [3.05, 3.63) is 48.5 Å². The smallest absolute Gasteiger partial charge is 0.251 e. The van der Waals surface area contributed by atoms with Crippen LogP contribution in [-0.2, 0) is 4.79 Å². The lowest BCUT2D eigenvalue weighted by Gasteiger charge is -2.19. The number of rotatable bonds is 7. The Morgan fingerprint density at radius 1 is 1.28 bits per heavy atom. The first kappa shape index (κ1) is 18.2. The van der Waals surface area contributed by atoms with E-state index in [2.05, 4.69) is 15.6 Å². The average Bonchev–Trinajstić information content (AvgIpc) is 3.13. The molecule has 1 atom stereocenters. The molecule has 7 nitrogen and oxygen atoms in total. The highest BCUT2D eigenvalue weighted by Crippen LogP contribution is 2.11. The normalized spacial score (nSPS) is 11.6. The summed E-state index contributed by atoms with van der Waals surface area (Å²) in [5.41, 5.74) is 1.35. The molecule has 0 saturated heterocycles. The van der Waals surface area contributed by atoms with E-state index in [9.17, 15) is 9.59 Å². The standard InChI is InChI=1S/C18H21N5O2/c1-13(2)11-16(18(25)21-8-7-19)22-17(24)14-3-5-15(6-4-14)23-10-9-20-12-23/h3-6,9-10,12-13,16H,8,11H2,1-2H3,(H,21,25)(H,22,24)/t16-/m0/s1. The number of benzene rings is 1. The average molecular weight is 339 g/mol. The number of carbonyl (C=O) groups excluding carboxylic acids is 2. The van der Waals surface area contributed by atoms with Crippen LogP contribution in [0.25, 0.3) is 5.69 Å². The molecule has 130 valence electrons. The summed E-state index contributed by atoms with van der Waals surface area (Å²) in [5.74, 6) is -0.449. The van der Waals surface area contributed by atoms with E-state index in [0.717, 1.165) is 5.69 Å².